The van der Waals surface area contributed by atoms with E-state index >= 15 is 0 Å². The molecule has 2 atom stereocenters. The van der Waals surface area contributed by atoms with Crippen molar-refractivity contribution in [1.29, 1.82) is 0 Å². The van der Waals surface area contributed by atoms with Crippen molar-refractivity contribution in [3.05, 3.63) is 109 Å². The van der Waals surface area contributed by atoms with Crippen molar-refractivity contribution in [2.75, 3.05) is 6.61 Å². The molecule has 0 radical (unpaired) electrons. The average Bonchev–Trinajstić information content (AvgIpc) is 3.29. The van der Waals surface area contributed by atoms with Gasteiger partial charge in [0, 0.05) is 6.42 Å². The minimum atomic E-state index is -0.878. The third-order valence-corrected chi connectivity index (χ3v) is 11.5. The molecule has 3 N–H and O–H groups in total. The van der Waals surface area contributed by atoms with E-state index in [0.717, 1.165) is 77.0 Å². The fourth-order valence-electron chi connectivity index (χ4n) is 7.45. The second-order valence-electron chi connectivity index (χ2n) is 17.5. The lowest BCUT2D eigenvalue weighted by Gasteiger charge is -2.19. The van der Waals surface area contributed by atoms with Gasteiger partial charge in [-0.2, -0.15) is 0 Å². The molecule has 0 aliphatic carbocycles. The summed E-state index contributed by atoms with van der Waals surface area (Å²) in [6, 6.07) is -0.654. The first-order valence-electron chi connectivity index (χ1n) is 26.6. The lowest BCUT2D eigenvalue weighted by atomic mass is 10.0. The van der Waals surface area contributed by atoms with Crippen LogP contribution in [0.5, 0.6) is 0 Å². The predicted octanol–water partition coefficient (Wildman–Crippen LogP) is 17.5. The van der Waals surface area contributed by atoms with Crippen LogP contribution in [0.2, 0.25) is 0 Å². The summed E-state index contributed by atoms with van der Waals surface area (Å²) in [5.74, 6) is -0.0839. The van der Waals surface area contributed by atoms with Crippen molar-refractivity contribution in [1.82, 2.24) is 5.32 Å². The molecule has 0 aliphatic rings. The van der Waals surface area contributed by atoms with E-state index in [1.165, 1.54) is 141 Å². The van der Waals surface area contributed by atoms with Crippen LogP contribution in [-0.4, -0.2) is 34.9 Å². The van der Waals surface area contributed by atoms with Gasteiger partial charge in [0.05, 0.1) is 18.8 Å². The Morgan fingerprint density at radius 1 is 0.397 bits per heavy atom. The Morgan fingerprint density at radius 2 is 0.714 bits per heavy atom. The van der Waals surface area contributed by atoms with Crippen molar-refractivity contribution in [2.45, 2.75) is 251 Å². The fraction of sp³-hybridized carbons (Fsp3) is 0.678. The number of carbonyl (C=O) groups is 1. The average molecular weight is 872 g/mol. The molecular formula is C59H101NO3. The standard InChI is InChI=1S/C59H101NO3/c1-3-5-7-9-11-13-15-17-19-21-23-25-26-27-28-29-30-31-32-33-34-35-37-39-41-43-45-47-49-51-53-55-59(63)60-57(56-61)58(62)54-52-50-48-46-44-42-40-38-36-24-22-20-18-16-14-12-10-8-6-4-2/h5,7,11,13,17,19,23,25,27-28,30-31,36,38,44,46,52,54,57-58,61-62H,3-4,6,8-10,12,14-16,18,20-22,24,26,29,32-35,37,39-43,45,47-51,53,55-56H2,1-2H3,(H,60,63)/b7-5-,13-11-,19-17-,25-23-,28-27-,31-30-,38-36+,46-44+,54-52+. The molecule has 0 spiro atoms. The van der Waals surface area contributed by atoms with E-state index in [1.54, 1.807) is 6.08 Å². The smallest absolute Gasteiger partial charge is 0.220 e. The highest BCUT2D eigenvalue weighted by Crippen LogP contribution is 2.14. The molecule has 0 saturated heterocycles. The van der Waals surface area contributed by atoms with E-state index in [9.17, 15) is 15.0 Å². The van der Waals surface area contributed by atoms with E-state index in [-0.39, 0.29) is 12.5 Å². The summed E-state index contributed by atoms with van der Waals surface area (Å²) in [4.78, 5) is 12.5. The van der Waals surface area contributed by atoms with Gasteiger partial charge in [-0.05, 0) is 96.3 Å². The van der Waals surface area contributed by atoms with E-state index in [2.05, 4.69) is 116 Å². The summed E-state index contributed by atoms with van der Waals surface area (Å²) in [7, 11) is 0. The summed E-state index contributed by atoms with van der Waals surface area (Å²) < 4.78 is 0. The van der Waals surface area contributed by atoms with Crippen molar-refractivity contribution < 1.29 is 15.0 Å². The molecule has 0 bridgehead atoms. The topological polar surface area (TPSA) is 69.6 Å². The van der Waals surface area contributed by atoms with Crippen LogP contribution in [0.15, 0.2) is 109 Å². The van der Waals surface area contributed by atoms with Crippen LogP contribution in [0.3, 0.4) is 0 Å². The minimum absolute atomic E-state index is 0.0839. The number of allylic oxidation sites excluding steroid dienone is 17. The monoisotopic (exact) mass is 872 g/mol. The van der Waals surface area contributed by atoms with Crippen LogP contribution >= 0.6 is 0 Å². The number of hydrogen-bond donors (Lipinski definition) is 3. The van der Waals surface area contributed by atoms with E-state index < -0.39 is 12.1 Å². The van der Waals surface area contributed by atoms with Gasteiger partial charge in [0.2, 0.25) is 5.91 Å². The summed E-state index contributed by atoms with van der Waals surface area (Å²) in [5.41, 5.74) is 0. The van der Waals surface area contributed by atoms with Gasteiger partial charge >= 0.3 is 0 Å². The molecule has 0 aromatic carbocycles. The van der Waals surface area contributed by atoms with Crippen LogP contribution in [0.25, 0.3) is 0 Å². The molecule has 0 saturated carbocycles. The van der Waals surface area contributed by atoms with Crippen LogP contribution in [0.4, 0.5) is 0 Å². The van der Waals surface area contributed by atoms with Crippen LogP contribution < -0.4 is 5.32 Å². The molecular weight excluding hydrogens is 771 g/mol. The van der Waals surface area contributed by atoms with Gasteiger partial charge in [-0.25, -0.2) is 0 Å². The maximum atomic E-state index is 12.5. The number of rotatable bonds is 47. The summed E-state index contributed by atoms with van der Waals surface area (Å²) >= 11 is 0. The first-order valence-corrected chi connectivity index (χ1v) is 26.6. The fourth-order valence-corrected chi connectivity index (χ4v) is 7.45. The molecule has 63 heavy (non-hydrogen) atoms. The first-order chi connectivity index (χ1) is 31.2. The maximum absolute atomic E-state index is 12.5. The van der Waals surface area contributed by atoms with E-state index in [1.807, 2.05) is 6.08 Å². The Kier molecular flexibility index (Phi) is 50.9. The summed E-state index contributed by atoms with van der Waals surface area (Å²) in [6.45, 7) is 4.18. The number of nitrogens with one attached hydrogen (secondary N) is 1. The molecule has 0 aromatic rings. The molecule has 0 rings (SSSR count). The number of aliphatic hydroxyl groups excluding tert-OH is 2. The highest BCUT2D eigenvalue weighted by Gasteiger charge is 2.17. The minimum Gasteiger partial charge on any atom is -0.394 e. The third-order valence-electron chi connectivity index (χ3n) is 11.5. The van der Waals surface area contributed by atoms with E-state index in [0.29, 0.717) is 6.42 Å². The van der Waals surface area contributed by atoms with Gasteiger partial charge < -0.3 is 15.5 Å². The lowest BCUT2D eigenvalue weighted by Crippen LogP contribution is -2.45. The molecule has 360 valence electrons. The Balaban J connectivity index is 3.62. The molecule has 2 unspecified atom stereocenters. The summed E-state index contributed by atoms with van der Waals surface area (Å²) in [6.07, 6.45) is 80.8. The second-order valence-corrected chi connectivity index (χ2v) is 17.5. The van der Waals surface area contributed by atoms with Crippen molar-refractivity contribution >= 4 is 5.91 Å². The predicted molar refractivity (Wildman–Crippen MR) is 280 cm³/mol. The van der Waals surface area contributed by atoms with Gasteiger partial charge in [0.15, 0.2) is 0 Å². The highest BCUT2D eigenvalue weighted by molar-refractivity contribution is 5.76. The quantitative estimate of drug-likeness (QED) is 0.0421. The molecule has 0 aliphatic heterocycles. The van der Waals surface area contributed by atoms with Gasteiger partial charge in [0.25, 0.3) is 0 Å². The Morgan fingerprint density at radius 3 is 1.11 bits per heavy atom. The van der Waals surface area contributed by atoms with Crippen LogP contribution in [-0.2, 0) is 4.79 Å². The largest absolute Gasteiger partial charge is 0.394 e. The van der Waals surface area contributed by atoms with Crippen molar-refractivity contribution in [2.24, 2.45) is 0 Å². The Hall–Kier alpha value is -2.95. The van der Waals surface area contributed by atoms with Gasteiger partial charge in [-0.1, -0.05) is 245 Å². The molecule has 4 heteroatoms. The Bertz CT molecular complexity index is 1220. The van der Waals surface area contributed by atoms with Crippen LogP contribution in [0, 0.1) is 0 Å². The third kappa shape index (κ3) is 49.9. The van der Waals surface area contributed by atoms with Crippen LogP contribution in [0.1, 0.15) is 239 Å². The molecule has 1 amide bonds. The molecule has 0 fully saturated rings. The number of carbonyl (C=O) groups excluding carboxylic acids is 1. The lowest BCUT2D eigenvalue weighted by molar-refractivity contribution is -0.123. The van der Waals surface area contributed by atoms with E-state index in [4.69, 9.17) is 0 Å². The second kappa shape index (κ2) is 53.4. The number of hydrogen-bond acceptors (Lipinski definition) is 3. The zero-order valence-corrected chi connectivity index (χ0v) is 41.3. The van der Waals surface area contributed by atoms with Gasteiger partial charge in [-0.15, -0.1) is 0 Å². The zero-order valence-electron chi connectivity index (χ0n) is 41.3. The summed E-state index contributed by atoms with van der Waals surface area (Å²) in [5, 5.41) is 23.1. The molecule has 4 nitrogen and oxygen atoms in total. The molecule has 0 heterocycles. The number of amides is 1. The molecule has 0 aromatic heterocycles. The van der Waals surface area contributed by atoms with Crippen molar-refractivity contribution in [3.8, 4) is 0 Å². The van der Waals surface area contributed by atoms with Gasteiger partial charge in [0.1, 0.15) is 0 Å². The number of unbranched alkanes of at least 4 members (excludes halogenated alkanes) is 24. The Labute approximate surface area is 391 Å². The normalized spacial score (nSPS) is 13.8. The van der Waals surface area contributed by atoms with Gasteiger partial charge in [-0.3, -0.25) is 4.79 Å². The maximum Gasteiger partial charge on any atom is 0.220 e. The SMILES string of the molecule is CC/C=C\C/C=C\C/C=C\C/C=C\C/C=C\C/C=C\CCCCCCCCCCCCCCC(=O)NC(CO)C(O)/C=C/CC/C=C/CC/C=C/CCCCCCCCCCCC. The zero-order chi connectivity index (χ0) is 45.6. The number of aliphatic hydroxyl groups is 2. The first kappa shape index (κ1) is 60.1. The van der Waals surface area contributed by atoms with Crippen molar-refractivity contribution in [3.63, 3.8) is 0 Å². The highest BCUT2D eigenvalue weighted by atomic mass is 16.3.